The smallest absolute Gasteiger partial charge is 0.275 e. The summed E-state index contributed by atoms with van der Waals surface area (Å²) in [5.74, 6) is 2.64. The molecule has 0 amide bonds. The van der Waals surface area contributed by atoms with Gasteiger partial charge in [0, 0.05) is 25.2 Å². The highest BCUT2D eigenvalue weighted by molar-refractivity contribution is 5.49. The lowest BCUT2D eigenvalue weighted by atomic mass is 9.84. The molecule has 2 aliphatic rings. The number of benzene rings is 1. The fourth-order valence-electron chi connectivity index (χ4n) is 5.30. The fourth-order valence-corrected chi connectivity index (χ4v) is 5.30. The third-order valence-electron chi connectivity index (χ3n) is 6.01. The van der Waals surface area contributed by atoms with Crippen LogP contribution in [0.1, 0.15) is 72.9 Å². The molecule has 0 aliphatic heterocycles. The van der Waals surface area contributed by atoms with Gasteiger partial charge in [-0.1, -0.05) is 32.0 Å². The molecule has 0 N–H and O–H groups in total. The van der Waals surface area contributed by atoms with Gasteiger partial charge in [0.05, 0.1) is 0 Å². The first kappa shape index (κ1) is 15.8. The summed E-state index contributed by atoms with van der Waals surface area (Å²) in [7, 11) is 1.71. The SMILES string of the molecule is CC(C)C1C2CCC1c1c(Cc3cn(C)nc3C(F)F)cccc12. The molecule has 2 aromatic rings. The standard InChI is InChI=1S/C20H24F2N2/c1-11(2)17-15-7-8-16(17)18-12(5-4-6-14(15)18)9-13-10-24(3)23-19(13)20(21)22/h4-6,10-11,15-17,20H,7-9H2,1-3H3. The van der Waals surface area contributed by atoms with Crippen LogP contribution >= 0.6 is 0 Å². The Bertz CT molecular complexity index is 763. The normalized spacial score (nSPS) is 25.0. The highest BCUT2D eigenvalue weighted by Gasteiger charge is 2.47. The molecule has 2 aliphatic carbocycles. The lowest BCUT2D eigenvalue weighted by molar-refractivity contribution is 0.144. The summed E-state index contributed by atoms with van der Waals surface area (Å²) in [5.41, 5.74) is 4.74. The van der Waals surface area contributed by atoms with E-state index in [-0.39, 0.29) is 5.69 Å². The maximum Gasteiger partial charge on any atom is 0.282 e. The van der Waals surface area contributed by atoms with Crippen LogP contribution in [0.15, 0.2) is 24.4 Å². The van der Waals surface area contributed by atoms with Gasteiger partial charge in [-0.05, 0) is 53.2 Å². The summed E-state index contributed by atoms with van der Waals surface area (Å²) in [6.45, 7) is 4.63. The maximum absolute atomic E-state index is 13.3. The summed E-state index contributed by atoms with van der Waals surface area (Å²) in [5, 5.41) is 3.96. The summed E-state index contributed by atoms with van der Waals surface area (Å²) < 4.78 is 28.0. The van der Waals surface area contributed by atoms with Crippen molar-refractivity contribution in [2.24, 2.45) is 18.9 Å². The molecule has 0 radical (unpaired) electrons. The van der Waals surface area contributed by atoms with Crippen molar-refractivity contribution in [3.05, 3.63) is 52.3 Å². The molecule has 1 saturated carbocycles. The van der Waals surface area contributed by atoms with Gasteiger partial charge in [-0.25, -0.2) is 8.78 Å². The number of hydrogen-bond donors (Lipinski definition) is 0. The number of aryl methyl sites for hydroxylation is 1. The number of nitrogens with zero attached hydrogens (tertiary/aromatic N) is 2. The number of rotatable bonds is 4. The molecule has 1 fully saturated rings. The molecule has 1 aromatic carbocycles. The van der Waals surface area contributed by atoms with E-state index in [0.717, 1.165) is 0 Å². The fraction of sp³-hybridized carbons (Fsp3) is 0.550. The third-order valence-corrected chi connectivity index (χ3v) is 6.01. The molecule has 4 heteroatoms. The monoisotopic (exact) mass is 330 g/mol. The van der Waals surface area contributed by atoms with E-state index in [2.05, 4.69) is 37.1 Å². The van der Waals surface area contributed by atoms with Gasteiger partial charge < -0.3 is 0 Å². The van der Waals surface area contributed by atoms with Crippen LogP contribution in [-0.4, -0.2) is 9.78 Å². The molecule has 3 unspecified atom stereocenters. The average Bonchev–Trinajstić information content (AvgIpc) is 3.19. The minimum atomic E-state index is -2.52. The second kappa shape index (κ2) is 5.68. The van der Waals surface area contributed by atoms with Crippen molar-refractivity contribution < 1.29 is 8.78 Å². The maximum atomic E-state index is 13.3. The van der Waals surface area contributed by atoms with Gasteiger partial charge >= 0.3 is 0 Å². The number of alkyl halides is 2. The van der Waals surface area contributed by atoms with Crippen LogP contribution in [-0.2, 0) is 13.5 Å². The number of fused-ring (bicyclic) bond motifs is 5. The Balaban J connectivity index is 1.74. The van der Waals surface area contributed by atoms with E-state index in [1.54, 1.807) is 13.2 Å². The zero-order chi connectivity index (χ0) is 17.0. The van der Waals surface area contributed by atoms with Gasteiger partial charge in [-0.3, -0.25) is 4.68 Å². The van der Waals surface area contributed by atoms with Crippen LogP contribution in [0.25, 0.3) is 0 Å². The van der Waals surface area contributed by atoms with Crippen molar-refractivity contribution in [2.75, 3.05) is 0 Å². The van der Waals surface area contributed by atoms with E-state index < -0.39 is 6.43 Å². The first-order chi connectivity index (χ1) is 11.5. The molecule has 0 spiro atoms. The Labute approximate surface area is 141 Å². The first-order valence-electron chi connectivity index (χ1n) is 8.89. The van der Waals surface area contributed by atoms with Gasteiger partial charge in [0.15, 0.2) is 0 Å². The van der Waals surface area contributed by atoms with E-state index >= 15 is 0 Å². The first-order valence-corrected chi connectivity index (χ1v) is 8.89. The molecule has 2 nitrogen and oxygen atoms in total. The van der Waals surface area contributed by atoms with Crippen LogP contribution in [0.4, 0.5) is 8.78 Å². The Hall–Kier alpha value is -1.71. The zero-order valence-corrected chi connectivity index (χ0v) is 14.5. The highest BCUT2D eigenvalue weighted by Crippen LogP contribution is 2.60. The van der Waals surface area contributed by atoms with Gasteiger partial charge in [0.1, 0.15) is 5.69 Å². The van der Waals surface area contributed by atoms with Gasteiger partial charge in [-0.15, -0.1) is 0 Å². The largest absolute Gasteiger partial charge is 0.282 e. The van der Waals surface area contributed by atoms with Crippen molar-refractivity contribution >= 4 is 0 Å². The van der Waals surface area contributed by atoms with Crippen molar-refractivity contribution in [3.8, 4) is 0 Å². The molecule has 1 aromatic heterocycles. The van der Waals surface area contributed by atoms with E-state index in [1.165, 1.54) is 34.2 Å². The topological polar surface area (TPSA) is 17.8 Å². The van der Waals surface area contributed by atoms with Crippen molar-refractivity contribution in [1.29, 1.82) is 0 Å². The van der Waals surface area contributed by atoms with Crippen molar-refractivity contribution in [1.82, 2.24) is 9.78 Å². The van der Waals surface area contributed by atoms with Crippen LogP contribution < -0.4 is 0 Å². The molecule has 3 atom stereocenters. The number of halogens is 2. The predicted octanol–water partition coefficient (Wildman–Crippen LogP) is 5.20. The van der Waals surface area contributed by atoms with E-state index in [4.69, 9.17) is 0 Å². The Morgan fingerprint density at radius 2 is 1.92 bits per heavy atom. The second-order valence-corrected chi connectivity index (χ2v) is 7.72. The molecule has 24 heavy (non-hydrogen) atoms. The predicted molar refractivity (Wildman–Crippen MR) is 90.5 cm³/mol. The molecular weight excluding hydrogens is 306 g/mol. The van der Waals surface area contributed by atoms with Gasteiger partial charge in [0.2, 0.25) is 0 Å². The summed E-state index contributed by atoms with van der Waals surface area (Å²) in [4.78, 5) is 0. The Morgan fingerprint density at radius 1 is 1.17 bits per heavy atom. The van der Waals surface area contributed by atoms with E-state index in [0.29, 0.717) is 35.7 Å². The van der Waals surface area contributed by atoms with E-state index in [9.17, 15) is 8.78 Å². The summed E-state index contributed by atoms with van der Waals surface area (Å²) in [6.07, 6.45) is 2.31. The second-order valence-electron chi connectivity index (χ2n) is 7.72. The van der Waals surface area contributed by atoms with Crippen LogP contribution in [0.3, 0.4) is 0 Å². The molecular formula is C20H24F2N2. The van der Waals surface area contributed by atoms with Crippen LogP contribution in [0.2, 0.25) is 0 Å². The molecule has 1 heterocycles. The minimum absolute atomic E-state index is 0.0707. The highest BCUT2D eigenvalue weighted by atomic mass is 19.3. The van der Waals surface area contributed by atoms with Crippen molar-refractivity contribution in [3.63, 3.8) is 0 Å². The molecule has 128 valence electrons. The molecule has 2 bridgehead atoms. The molecule has 4 rings (SSSR count). The van der Waals surface area contributed by atoms with Gasteiger partial charge in [0.25, 0.3) is 6.43 Å². The number of aromatic nitrogens is 2. The quantitative estimate of drug-likeness (QED) is 0.754. The third kappa shape index (κ3) is 2.30. The zero-order valence-electron chi connectivity index (χ0n) is 14.5. The Kier molecular flexibility index (Phi) is 3.74. The van der Waals surface area contributed by atoms with Crippen LogP contribution in [0, 0.1) is 11.8 Å². The number of hydrogen-bond acceptors (Lipinski definition) is 1. The van der Waals surface area contributed by atoms with E-state index in [1.807, 2.05) is 0 Å². The summed E-state index contributed by atoms with van der Waals surface area (Å²) >= 11 is 0. The average molecular weight is 330 g/mol. The van der Waals surface area contributed by atoms with Gasteiger partial charge in [-0.2, -0.15) is 5.10 Å². The Morgan fingerprint density at radius 3 is 2.62 bits per heavy atom. The van der Waals surface area contributed by atoms with Crippen LogP contribution in [0.5, 0.6) is 0 Å². The lowest BCUT2D eigenvalue weighted by Crippen LogP contribution is -2.11. The lowest BCUT2D eigenvalue weighted by Gasteiger charge is -2.21. The molecule has 0 saturated heterocycles. The van der Waals surface area contributed by atoms with Crippen molar-refractivity contribution in [2.45, 2.75) is 51.4 Å². The minimum Gasteiger partial charge on any atom is -0.275 e. The summed E-state index contributed by atoms with van der Waals surface area (Å²) in [6, 6.07) is 6.49.